The predicted molar refractivity (Wildman–Crippen MR) is 38.4 cm³/mol. The van der Waals surface area contributed by atoms with Gasteiger partial charge in [-0.25, -0.2) is 0 Å². The Bertz CT molecular complexity index is 110. The van der Waals surface area contributed by atoms with E-state index >= 15 is 0 Å². The second-order valence-corrected chi connectivity index (χ2v) is 2.53. The molecule has 1 atom stereocenters. The van der Waals surface area contributed by atoms with Crippen LogP contribution < -0.4 is 0 Å². The fourth-order valence-electron chi connectivity index (χ4n) is 1.12. The van der Waals surface area contributed by atoms with Gasteiger partial charge in [-0.1, -0.05) is 6.08 Å². The molecule has 0 aromatic carbocycles. The molecule has 1 fully saturated rings. The van der Waals surface area contributed by atoms with Gasteiger partial charge in [-0.2, -0.15) is 0 Å². The van der Waals surface area contributed by atoms with Crippen molar-refractivity contribution >= 4 is 0 Å². The zero-order valence-corrected chi connectivity index (χ0v) is 6.18. The highest BCUT2D eigenvalue weighted by Crippen LogP contribution is 2.18. The molecule has 0 aromatic rings. The Balaban J connectivity index is 2.42. The van der Waals surface area contributed by atoms with Gasteiger partial charge in [0.1, 0.15) is 0 Å². The van der Waals surface area contributed by atoms with E-state index in [9.17, 15) is 0 Å². The fraction of sp³-hybridized carbons (Fsp3) is 0.750. The summed E-state index contributed by atoms with van der Waals surface area (Å²) in [7, 11) is 0. The van der Waals surface area contributed by atoms with E-state index in [0.717, 1.165) is 6.61 Å². The molecule has 0 N–H and O–H groups in total. The minimum absolute atomic E-state index is 0.440. The molecule has 0 saturated carbocycles. The standard InChI is InChI=1S/C8H14O/c1-3-7(2)8-5-4-6-9-8/h3,8H,4-6H2,1-2H3. The molecule has 1 unspecified atom stereocenters. The molecule has 1 heteroatoms. The van der Waals surface area contributed by atoms with Crippen molar-refractivity contribution in [1.82, 2.24) is 0 Å². The van der Waals surface area contributed by atoms with Gasteiger partial charge >= 0.3 is 0 Å². The first kappa shape index (κ1) is 6.81. The molecular weight excluding hydrogens is 112 g/mol. The molecule has 1 aliphatic heterocycles. The van der Waals surface area contributed by atoms with Crippen LogP contribution in [0.15, 0.2) is 11.6 Å². The van der Waals surface area contributed by atoms with Gasteiger partial charge in [-0.05, 0) is 32.3 Å². The molecule has 0 radical (unpaired) electrons. The third-order valence-electron chi connectivity index (χ3n) is 1.89. The number of hydrogen-bond acceptors (Lipinski definition) is 1. The van der Waals surface area contributed by atoms with Gasteiger partial charge in [0.2, 0.25) is 0 Å². The van der Waals surface area contributed by atoms with E-state index in [1.165, 1.54) is 18.4 Å². The van der Waals surface area contributed by atoms with Gasteiger partial charge in [-0.15, -0.1) is 0 Å². The molecule has 0 amide bonds. The van der Waals surface area contributed by atoms with Crippen LogP contribution in [0.25, 0.3) is 0 Å². The summed E-state index contributed by atoms with van der Waals surface area (Å²) < 4.78 is 5.44. The quantitative estimate of drug-likeness (QED) is 0.489. The van der Waals surface area contributed by atoms with Crippen LogP contribution in [-0.2, 0) is 4.74 Å². The largest absolute Gasteiger partial charge is 0.374 e. The Morgan fingerprint density at radius 2 is 2.44 bits per heavy atom. The Kier molecular flexibility index (Phi) is 2.29. The van der Waals surface area contributed by atoms with E-state index in [4.69, 9.17) is 4.74 Å². The summed E-state index contributed by atoms with van der Waals surface area (Å²) in [5.74, 6) is 0. The molecular formula is C8H14O. The van der Waals surface area contributed by atoms with E-state index in [-0.39, 0.29) is 0 Å². The van der Waals surface area contributed by atoms with Gasteiger partial charge < -0.3 is 4.74 Å². The van der Waals surface area contributed by atoms with Crippen LogP contribution in [0.1, 0.15) is 26.7 Å². The van der Waals surface area contributed by atoms with Crippen molar-refractivity contribution in [2.45, 2.75) is 32.8 Å². The van der Waals surface area contributed by atoms with Crippen LogP contribution in [0, 0.1) is 0 Å². The molecule has 1 saturated heterocycles. The first-order valence-electron chi connectivity index (χ1n) is 3.59. The zero-order chi connectivity index (χ0) is 6.69. The van der Waals surface area contributed by atoms with Crippen LogP contribution in [0.4, 0.5) is 0 Å². The SMILES string of the molecule is CC=C(C)C1CCCO1. The maximum Gasteiger partial charge on any atom is 0.0783 e. The molecule has 9 heavy (non-hydrogen) atoms. The zero-order valence-electron chi connectivity index (χ0n) is 6.18. The number of ether oxygens (including phenoxy) is 1. The molecule has 0 aromatic heterocycles. The lowest BCUT2D eigenvalue weighted by Crippen LogP contribution is -2.05. The Hall–Kier alpha value is -0.300. The average Bonchev–Trinajstić information content (AvgIpc) is 2.37. The van der Waals surface area contributed by atoms with Crippen molar-refractivity contribution < 1.29 is 4.74 Å². The third kappa shape index (κ3) is 1.55. The summed E-state index contributed by atoms with van der Waals surface area (Å²) >= 11 is 0. The molecule has 0 spiro atoms. The molecule has 1 nitrogen and oxygen atoms in total. The van der Waals surface area contributed by atoms with E-state index in [2.05, 4.69) is 19.9 Å². The summed E-state index contributed by atoms with van der Waals surface area (Å²) in [6, 6.07) is 0. The van der Waals surface area contributed by atoms with E-state index in [0.29, 0.717) is 6.10 Å². The maximum absolute atomic E-state index is 5.44. The molecule has 1 rings (SSSR count). The van der Waals surface area contributed by atoms with Gasteiger partial charge in [0.15, 0.2) is 0 Å². The average molecular weight is 126 g/mol. The molecule has 52 valence electrons. The monoisotopic (exact) mass is 126 g/mol. The smallest absolute Gasteiger partial charge is 0.0783 e. The Morgan fingerprint density at radius 1 is 1.67 bits per heavy atom. The van der Waals surface area contributed by atoms with Gasteiger partial charge in [0.05, 0.1) is 6.10 Å². The molecule has 1 heterocycles. The Labute approximate surface area is 56.7 Å². The minimum atomic E-state index is 0.440. The molecule has 1 aliphatic rings. The lowest BCUT2D eigenvalue weighted by atomic mass is 10.1. The van der Waals surface area contributed by atoms with Crippen LogP contribution >= 0.6 is 0 Å². The highest BCUT2D eigenvalue weighted by atomic mass is 16.5. The number of allylic oxidation sites excluding steroid dienone is 1. The van der Waals surface area contributed by atoms with Crippen LogP contribution in [-0.4, -0.2) is 12.7 Å². The van der Waals surface area contributed by atoms with E-state index in [1.54, 1.807) is 0 Å². The predicted octanol–water partition coefficient (Wildman–Crippen LogP) is 2.13. The first-order valence-corrected chi connectivity index (χ1v) is 3.59. The Morgan fingerprint density at radius 3 is 2.89 bits per heavy atom. The van der Waals surface area contributed by atoms with Gasteiger partial charge in [-0.3, -0.25) is 0 Å². The maximum atomic E-state index is 5.44. The van der Waals surface area contributed by atoms with Crippen molar-refractivity contribution in [1.29, 1.82) is 0 Å². The van der Waals surface area contributed by atoms with E-state index in [1.807, 2.05) is 0 Å². The lowest BCUT2D eigenvalue weighted by Gasteiger charge is -2.07. The summed E-state index contributed by atoms with van der Waals surface area (Å²) in [5, 5.41) is 0. The van der Waals surface area contributed by atoms with Crippen LogP contribution in [0.2, 0.25) is 0 Å². The first-order chi connectivity index (χ1) is 4.34. The summed E-state index contributed by atoms with van der Waals surface area (Å²) in [4.78, 5) is 0. The summed E-state index contributed by atoms with van der Waals surface area (Å²) in [6.07, 6.45) is 5.03. The van der Waals surface area contributed by atoms with Gasteiger partial charge in [0, 0.05) is 6.61 Å². The number of hydrogen-bond donors (Lipinski definition) is 0. The minimum Gasteiger partial charge on any atom is -0.374 e. The van der Waals surface area contributed by atoms with Crippen molar-refractivity contribution in [3.05, 3.63) is 11.6 Å². The topological polar surface area (TPSA) is 9.23 Å². The van der Waals surface area contributed by atoms with Crippen LogP contribution in [0.5, 0.6) is 0 Å². The molecule has 0 bridgehead atoms. The van der Waals surface area contributed by atoms with Crippen LogP contribution in [0.3, 0.4) is 0 Å². The summed E-state index contributed by atoms with van der Waals surface area (Å²) in [5.41, 5.74) is 1.38. The second-order valence-electron chi connectivity index (χ2n) is 2.53. The van der Waals surface area contributed by atoms with E-state index < -0.39 is 0 Å². The lowest BCUT2D eigenvalue weighted by molar-refractivity contribution is 0.137. The normalized spacial score (nSPS) is 29.1. The van der Waals surface area contributed by atoms with Crippen molar-refractivity contribution in [2.24, 2.45) is 0 Å². The highest BCUT2D eigenvalue weighted by Gasteiger charge is 2.15. The highest BCUT2D eigenvalue weighted by molar-refractivity contribution is 5.04. The number of rotatable bonds is 1. The van der Waals surface area contributed by atoms with Crippen molar-refractivity contribution in [2.75, 3.05) is 6.61 Å². The van der Waals surface area contributed by atoms with Crippen molar-refractivity contribution in [3.8, 4) is 0 Å². The van der Waals surface area contributed by atoms with Gasteiger partial charge in [0.25, 0.3) is 0 Å². The fourth-order valence-corrected chi connectivity index (χ4v) is 1.12. The summed E-state index contributed by atoms with van der Waals surface area (Å²) in [6.45, 7) is 5.16. The third-order valence-corrected chi connectivity index (χ3v) is 1.89. The molecule has 0 aliphatic carbocycles. The second kappa shape index (κ2) is 3.02. The van der Waals surface area contributed by atoms with Crippen molar-refractivity contribution in [3.63, 3.8) is 0 Å².